The van der Waals surface area contributed by atoms with Crippen molar-refractivity contribution in [1.29, 1.82) is 0 Å². The highest BCUT2D eigenvalue weighted by molar-refractivity contribution is 6.65. The minimum absolute atomic E-state index is 0.0294. The van der Waals surface area contributed by atoms with E-state index in [2.05, 4.69) is 21.1 Å². The average molecular weight is 633 g/mol. The van der Waals surface area contributed by atoms with Crippen molar-refractivity contribution < 1.29 is 52.2 Å². The van der Waals surface area contributed by atoms with Crippen LogP contribution in [0.1, 0.15) is 59.8 Å². The molecular formula is C24H40ClF3N6O8. The topological polar surface area (TPSA) is 236 Å². The van der Waals surface area contributed by atoms with Crippen molar-refractivity contribution in [1.82, 2.24) is 16.0 Å². The van der Waals surface area contributed by atoms with Gasteiger partial charge in [-0.05, 0) is 44.1 Å². The smallest absolute Gasteiger partial charge is 0.480 e. The summed E-state index contributed by atoms with van der Waals surface area (Å²) in [6.07, 6.45) is -4.37. The van der Waals surface area contributed by atoms with E-state index in [1.165, 1.54) is 0 Å². The Morgan fingerprint density at radius 3 is 1.93 bits per heavy atom. The molecule has 0 bridgehead atoms. The lowest BCUT2D eigenvalue weighted by atomic mass is 9.99. The molecule has 1 aliphatic rings. The Kier molecular flexibility index (Phi) is 17.0. The van der Waals surface area contributed by atoms with Gasteiger partial charge in [0.25, 0.3) is 0 Å². The summed E-state index contributed by atoms with van der Waals surface area (Å²) in [6.45, 7) is 7.78. The van der Waals surface area contributed by atoms with Gasteiger partial charge in [-0.2, -0.15) is 13.2 Å². The molecule has 0 aliphatic carbocycles. The molecular weight excluding hydrogens is 593 g/mol. The highest BCUT2D eigenvalue weighted by Gasteiger charge is 2.39. The number of carboxylic acid groups (broad SMARTS) is 2. The maximum atomic E-state index is 13.1. The molecule has 1 aliphatic heterocycles. The second-order valence-corrected chi connectivity index (χ2v) is 10.7. The summed E-state index contributed by atoms with van der Waals surface area (Å²) in [5, 5.41) is 28.1. The molecule has 0 saturated carbocycles. The number of halogens is 4. The Morgan fingerprint density at radius 1 is 1.00 bits per heavy atom. The van der Waals surface area contributed by atoms with Gasteiger partial charge < -0.3 is 42.5 Å². The van der Waals surface area contributed by atoms with E-state index in [-0.39, 0.29) is 29.8 Å². The van der Waals surface area contributed by atoms with Crippen molar-refractivity contribution in [3.63, 3.8) is 0 Å². The zero-order valence-electron chi connectivity index (χ0n) is 23.7. The van der Waals surface area contributed by atoms with Crippen LogP contribution in [-0.4, -0.2) is 88.0 Å². The quantitative estimate of drug-likeness (QED) is 0.124. The summed E-state index contributed by atoms with van der Waals surface area (Å²) in [6, 6.07) is -4.19. The average Bonchev–Trinajstić information content (AvgIpc) is 3.30. The lowest BCUT2D eigenvalue weighted by molar-refractivity contribution is -0.192. The van der Waals surface area contributed by atoms with Crippen molar-refractivity contribution in [2.45, 2.75) is 96.2 Å². The van der Waals surface area contributed by atoms with E-state index >= 15 is 0 Å². The van der Waals surface area contributed by atoms with E-state index in [1.54, 1.807) is 13.8 Å². The first-order chi connectivity index (χ1) is 19.3. The van der Waals surface area contributed by atoms with Gasteiger partial charge in [0.2, 0.25) is 17.7 Å². The number of amides is 3. The Labute approximate surface area is 246 Å². The van der Waals surface area contributed by atoms with Crippen LogP contribution in [0.15, 0.2) is 5.16 Å². The van der Waals surface area contributed by atoms with Crippen LogP contribution < -0.4 is 27.4 Å². The molecule has 242 valence electrons. The van der Waals surface area contributed by atoms with Gasteiger partial charge in [0.15, 0.2) is 12.1 Å². The number of oxime groups is 1. The molecule has 0 aromatic carbocycles. The number of alkyl halides is 3. The van der Waals surface area contributed by atoms with Crippen LogP contribution in [0.25, 0.3) is 0 Å². The molecule has 1 heterocycles. The molecule has 0 fully saturated rings. The van der Waals surface area contributed by atoms with Crippen LogP contribution in [-0.2, 0) is 28.8 Å². The van der Waals surface area contributed by atoms with Crippen LogP contribution in [0.4, 0.5) is 13.2 Å². The molecule has 18 heteroatoms. The Hall–Kier alpha value is -3.18. The molecule has 0 radical (unpaired) electrons. The molecule has 0 spiro atoms. The maximum absolute atomic E-state index is 13.1. The number of carboxylic acids is 2. The fourth-order valence-corrected chi connectivity index (χ4v) is 3.61. The molecule has 0 aromatic rings. The van der Waals surface area contributed by atoms with Crippen LogP contribution in [0.3, 0.4) is 0 Å². The maximum Gasteiger partial charge on any atom is 0.490 e. The van der Waals surface area contributed by atoms with Crippen LogP contribution in [0.5, 0.6) is 0 Å². The Bertz CT molecular complexity index is 967. The molecule has 14 nitrogen and oxygen atoms in total. The summed E-state index contributed by atoms with van der Waals surface area (Å²) in [7, 11) is 0. The first-order valence-electron chi connectivity index (χ1n) is 13.1. The molecule has 5 unspecified atom stereocenters. The number of carbonyl (C=O) groups is 5. The zero-order valence-corrected chi connectivity index (χ0v) is 24.5. The SMILES string of the molecule is CC(C)CC(NC(=O)C(N)C(C)C)C(=O)NC(CCCCN)C(=O)NC(C(=O)O)C1CC(Cl)=NO1.O=C(O)C(F)(F)F. The zero-order chi connectivity index (χ0) is 32.8. The van der Waals surface area contributed by atoms with Crippen molar-refractivity contribution in [2.75, 3.05) is 6.54 Å². The number of aliphatic carboxylic acids is 2. The van der Waals surface area contributed by atoms with Gasteiger partial charge in [-0.1, -0.05) is 44.5 Å². The molecule has 3 amide bonds. The summed E-state index contributed by atoms with van der Waals surface area (Å²) in [5.41, 5.74) is 11.5. The first-order valence-corrected chi connectivity index (χ1v) is 13.5. The summed E-state index contributed by atoms with van der Waals surface area (Å²) in [5.74, 6) is -5.89. The van der Waals surface area contributed by atoms with E-state index in [1.807, 2.05) is 13.8 Å². The van der Waals surface area contributed by atoms with Crippen LogP contribution in [0.2, 0.25) is 0 Å². The fourth-order valence-electron chi connectivity index (χ4n) is 3.42. The first kappa shape index (κ1) is 38.8. The summed E-state index contributed by atoms with van der Waals surface area (Å²) < 4.78 is 31.7. The Balaban J connectivity index is 0.00000212. The van der Waals surface area contributed by atoms with Crippen LogP contribution >= 0.6 is 11.6 Å². The van der Waals surface area contributed by atoms with Crippen molar-refractivity contribution in [2.24, 2.45) is 28.5 Å². The van der Waals surface area contributed by atoms with E-state index in [9.17, 15) is 37.5 Å². The van der Waals surface area contributed by atoms with E-state index in [4.69, 9.17) is 37.8 Å². The summed E-state index contributed by atoms with van der Waals surface area (Å²) in [4.78, 5) is 64.3. The number of nitrogens with zero attached hydrogens (tertiary/aromatic N) is 1. The van der Waals surface area contributed by atoms with Crippen LogP contribution in [0, 0.1) is 11.8 Å². The number of rotatable bonds is 15. The van der Waals surface area contributed by atoms with Gasteiger partial charge in [0.1, 0.15) is 17.3 Å². The van der Waals surface area contributed by atoms with E-state index in [0.29, 0.717) is 25.8 Å². The molecule has 42 heavy (non-hydrogen) atoms. The van der Waals surface area contributed by atoms with Gasteiger partial charge in [-0.25, -0.2) is 9.59 Å². The third-order valence-corrected chi connectivity index (χ3v) is 6.00. The molecule has 5 atom stereocenters. The predicted molar refractivity (Wildman–Crippen MR) is 145 cm³/mol. The lowest BCUT2D eigenvalue weighted by Gasteiger charge is -2.27. The second kappa shape index (κ2) is 18.4. The third kappa shape index (κ3) is 14.6. The predicted octanol–water partition coefficient (Wildman–Crippen LogP) is 0.658. The molecule has 1 rings (SSSR count). The minimum atomic E-state index is -5.08. The van der Waals surface area contributed by atoms with Crippen molar-refractivity contribution in [3.05, 3.63) is 0 Å². The number of nitrogens with two attached hydrogens (primary N) is 2. The number of hydrogen-bond acceptors (Lipinski definition) is 9. The minimum Gasteiger partial charge on any atom is -0.480 e. The normalized spacial score (nSPS) is 17.5. The highest BCUT2D eigenvalue weighted by Crippen LogP contribution is 2.17. The Morgan fingerprint density at radius 2 is 1.52 bits per heavy atom. The third-order valence-electron chi connectivity index (χ3n) is 5.78. The van der Waals surface area contributed by atoms with Crippen molar-refractivity contribution in [3.8, 4) is 0 Å². The van der Waals surface area contributed by atoms with Gasteiger partial charge in [0.05, 0.1) is 6.04 Å². The monoisotopic (exact) mass is 632 g/mol. The van der Waals surface area contributed by atoms with E-state index in [0.717, 1.165) is 0 Å². The largest absolute Gasteiger partial charge is 0.490 e. The van der Waals surface area contributed by atoms with Crippen molar-refractivity contribution >= 4 is 46.4 Å². The highest BCUT2D eigenvalue weighted by atomic mass is 35.5. The molecule has 9 N–H and O–H groups in total. The van der Waals surface area contributed by atoms with Gasteiger partial charge in [0, 0.05) is 6.42 Å². The summed E-state index contributed by atoms with van der Waals surface area (Å²) >= 11 is 5.77. The van der Waals surface area contributed by atoms with E-state index < -0.39 is 66.1 Å². The molecule has 0 saturated heterocycles. The standard InChI is InChI=1S/C22H39ClN6O6.C2HF3O2/c1-11(2)9-14(27-21(32)17(25)12(3)4)20(31)26-13(7-5-6-8-24)19(30)28-18(22(33)34)15-10-16(23)29-35-15;3-2(4,5)1(6)7/h11-15,17-18H,5-10,24-25H2,1-4H3,(H,26,31)(H,27,32)(H,28,30)(H,33,34);(H,6,7). The number of carbonyl (C=O) groups excluding carboxylic acids is 3. The van der Waals surface area contributed by atoms with Gasteiger partial charge in [-0.3, -0.25) is 14.4 Å². The lowest BCUT2D eigenvalue weighted by Crippen LogP contribution is -2.59. The van der Waals surface area contributed by atoms with Gasteiger partial charge in [-0.15, -0.1) is 0 Å². The fraction of sp³-hybridized carbons (Fsp3) is 0.750. The molecule has 0 aromatic heterocycles. The number of nitrogens with one attached hydrogen (secondary N) is 3. The number of hydrogen-bond donors (Lipinski definition) is 7. The van der Waals surface area contributed by atoms with Gasteiger partial charge >= 0.3 is 18.1 Å². The second-order valence-electron chi connectivity index (χ2n) is 10.2. The number of unbranched alkanes of at least 4 members (excludes halogenated alkanes) is 1.